The van der Waals surface area contributed by atoms with Gasteiger partial charge in [0.1, 0.15) is 16.9 Å². The van der Waals surface area contributed by atoms with Crippen molar-refractivity contribution in [1.82, 2.24) is 19.9 Å². The zero-order valence-electron chi connectivity index (χ0n) is 11.0. The van der Waals surface area contributed by atoms with Gasteiger partial charge in [-0.3, -0.25) is 0 Å². The van der Waals surface area contributed by atoms with E-state index >= 15 is 0 Å². The average Bonchev–Trinajstić information content (AvgIpc) is 3.13. The molecule has 0 aliphatic heterocycles. The van der Waals surface area contributed by atoms with Crippen molar-refractivity contribution < 1.29 is 0 Å². The van der Waals surface area contributed by atoms with Gasteiger partial charge in [0.05, 0.1) is 6.33 Å². The molecule has 1 aromatic carbocycles. The van der Waals surface area contributed by atoms with Gasteiger partial charge < -0.3 is 4.98 Å². The molecule has 2 aromatic heterocycles. The van der Waals surface area contributed by atoms with Crippen LogP contribution in [0.25, 0.3) is 11.2 Å². The fourth-order valence-electron chi connectivity index (χ4n) is 2.71. The zero-order valence-corrected chi connectivity index (χ0v) is 11.8. The van der Waals surface area contributed by atoms with Gasteiger partial charge in [-0.25, -0.2) is 15.0 Å². The summed E-state index contributed by atoms with van der Waals surface area (Å²) < 4.78 is 0. The molecule has 0 radical (unpaired) electrons. The first-order chi connectivity index (χ1) is 9.90. The Morgan fingerprint density at radius 3 is 3.05 bits per heavy atom. The molecule has 0 spiro atoms. The number of benzene rings is 1. The molecular formula is C15H14N4S. The Kier molecular flexibility index (Phi) is 2.92. The summed E-state index contributed by atoms with van der Waals surface area (Å²) in [6.45, 7) is 0. The fraction of sp³-hybridized carbons (Fsp3) is 0.267. The summed E-state index contributed by atoms with van der Waals surface area (Å²) in [7, 11) is 0. The highest BCUT2D eigenvalue weighted by molar-refractivity contribution is 7.98. The van der Waals surface area contributed by atoms with Crippen LogP contribution < -0.4 is 0 Å². The lowest BCUT2D eigenvalue weighted by Gasteiger charge is -2.05. The summed E-state index contributed by atoms with van der Waals surface area (Å²) in [5, 5.41) is 0.941. The summed E-state index contributed by atoms with van der Waals surface area (Å²) in [5.74, 6) is 0.923. The van der Waals surface area contributed by atoms with Crippen LogP contribution in [0.3, 0.4) is 0 Å². The van der Waals surface area contributed by atoms with E-state index in [-0.39, 0.29) is 0 Å². The van der Waals surface area contributed by atoms with E-state index in [9.17, 15) is 0 Å². The molecule has 0 amide bonds. The van der Waals surface area contributed by atoms with E-state index in [2.05, 4.69) is 38.1 Å². The monoisotopic (exact) mass is 282 g/mol. The highest BCUT2D eigenvalue weighted by Crippen LogP contribution is 2.28. The van der Waals surface area contributed by atoms with E-state index in [1.165, 1.54) is 36.0 Å². The molecule has 4 nitrogen and oxygen atoms in total. The van der Waals surface area contributed by atoms with Crippen molar-refractivity contribution in [2.45, 2.75) is 30.0 Å². The van der Waals surface area contributed by atoms with Crippen LogP contribution in [0.2, 0.25) is 0 Å². The van der Waals surface area contributed by atoms with Crippen LogP contribution in [0.5, 0.6) is 0 Å². The van der Waals surface area contributed by atoms with Crippen molar-refractivity contribution in [3.63, 3.8) is 0 Å². The molecule has 0 saturated carbocycles. The number of hydrogen-bond acceptors (Lipinski definition) is 4. The maximum atomic E-state index is 4.34. The molecule has 4 rings (SSSR count). The van der Waals surface area contributed by atoms with Gasteiger partial charge in [0.25, 0.3) is 0 Å². The van der Waals surface area contributed by atoms with Crippen molar-refractivity contribution in [2.75, 3.05) is 0 Å². The second kappa shape index (κ2) is 4.90. The smallest absolute Gasteiger partial charge is 0.161 e. The summed E-state index contributed by atoms with van der Waals surface area (Å²) in [5.41, 5.74) is 6.07. The van der Waals surface area contributed by atoms with Gasteiger partial charge in [-0.2, -0.15) is 0 Å². The quantitative estimate of drug-likeness (QED) is 0.592. The van der Waals surface area contributed by atoms with Gasteiger partial charge in [-0.05, 0) is 36.0 Å². The number of thioether (sulfide) groups is 1. The van der Waals surface area contributed by atoms with Gasteiger partial charge in [0.2, 0.25) is 0 Å². The minimum atomic E-state index is 0.802. The number of nitrogens with one attached hydrogen (secondary N) is 1. The molecule has 5 heteroatoms. The van der Waals surface area contributed by atoms with Crippen molar-refractivity contribution in [3.05, 3.63) is 47.5 Å². The van der Waals surface area contributed by atoms with E-state index < -0.39 is 0 Å². The molecule has 0 saturated heterocycles. The van der Waals surface area contributed by atoms with Gasteiger partial charge in [-0.15, -0.1) is 0 Å². The SMILES string of the molecule is c1nc(SCc2ccc3c(c2)CCC3)c2nc[nH]c2n1. The van der Waals surface area contributed by atoms with Crippen molar-refractivity contribution in [1.29, 1.82) is 0 Å². The van der Waals surface area contributed by atoms with E-state index in [1.807, 2.05) is 0 Å². The molecule has 1 N–H and O–H groups in total. The van der Waals surface area contributed by atoms with Crippen molar-refractivity contribution >= 4 is 22.9 Å². The Balaban J connectivity index is 1.57. The van der Waals surface area contributed by atoms with Crippen LogP contribution in [0.4, 0.5) is 0 Å². The Morgan fingerprint density at radius 1 is 1.10 bits per heavy atom. The zero-order chi connectivity index (χ0) is 13.4. The van der Waals surface area contributed by atoms with Gasteiger partial charge >= 0.3 is 0 Å². The Morgan fingerprint density at radius 2 is 2.05 bits per heavy atom. The molecule has 1 aliphatic carbocycles. The van der Waals surface area contributed by atoms with E-state index in [1.54, 1.807) is 24.4 Å². The number of aryl methyl sites for hydroxylation is 2. The highest BCUT2D eigenvalue weighted by atomic mass is 32.2. The topological polar surface area (TPSA) is 54.5 Å². The maximum Gasteiger partial charge on any atom is 0.161 e. The molecule has 2 heterocycles. The third kappa shape index (κ3) is 2.08. The summed E-state index contributed by atoms with van der Waals surface area (Å²) in [6.07, 6.45) is 7.02. The summed E-state index contributed by atoms with van der Waals surface area (Å²) >= 11 is 1.72. The Bertz CT molecular complexity index is 765. The first-order valence-corrected chi connectivity index (χ1v) is 7.76. The van der Waals surface area contributed by atoms with E-state index in [0.29, 0.717) is 0 Å². The normalized spacial score (nSPS) is 13.8. The number of hydrogen-bond donors (Lipinski definition) is 1. The standard InChI is InChI=1S/C15H14N4S/c1-2-11-5-4-10(6-12(11)3-1)7-20-15-13-14(17-8-16-13)18-9-19-15/h4-6,8-9H,1-3,7H2,(H,16,17,18,19). The summed E-state index contributed by atoms with van der Waals surface area (Å²) in [4.78, 5) is 15.8. The molecule has 0 bridgehead atoms. The lowest BCUT2D eigenvalue weighted by Crippen LogP contribution is -1.89. The minimum Gasteiger partial charge on any atom is -0.329 e. The molecule has 20 heavy (non-hydrogen) atoms. The number of H-pyrrole nitrogens is 1. The Labute approximate surface area is 121 Å². The van der Waals surface area contributed by atoms with Crippen molar-refractivity contribution in [2.24, 2.45) is 0 Å². The van der Waals surface area contributed by atoms with E-state index in [0.717, 1.165) is 21.9 Å². The van der Waals surface area contributed by atoms with Crippen molar-refractivity contribution in [3.8, 4) is 0 Å². The third-order valence-corrected chi connectivity index (χ3v) is 4.77. The number of aromatic nitrogens is 4. The summed E-state index contributed by atoms with van der Waals surface area (Å²) in [6, 6.07) is 6.86. The molecule has 100 valence electrons. The molecular weight excluding hydrogens is 268 g/mol. The third-order valence-electron chi connectivity index (χ3n) is 3.72. The maximum absolute atomic E-state index is 4.34. The Hall–Kier alpha value is -1.88. The lowest BCUT2D eigenvalue weighted by atomic mass is 10.1. The molecule has 0 fully saturated rings. The predicted molar refractivity (Wildman–Crippen MR) is 79.7 cm³/mol. The number of rotatable bonds is 3. The second-order valence-electron chi connectivity index (χ2n) is 5.02. The number of aromatic amines is 1. The van der Waals surface area contributed by atoms with Crippen LogP contribution in [0.1, 0.15) is 23.1 Å². The number of nitrogens with zero attached hydrogens (tertiary/aromatic N) is 3. The van der Waals surface area contributed by atoms with Crippen LogP contribution in [0.15, 0.2) is 35.9 Å². The van der Waals surface area contributed by atoms with Crippen LogP contribution >= 0.6 is 11.8 Å². The van der Waals surface area contributed by atoms with Crippen LogP contribution in [-0.2, 0) is 18.6 Å². The number of imidazole rings is 1. The first kappa shape index (κ1) is 11.9. The highest BCUT2D eigenvalue weighted by Gasteiger charge is 2.12. The lowest BCUT2D eigenvalue weighted by molar-refractivity contribution is 0.911. The van der Waals surface area contributed by atoms with Gasteiger partial charge in [-0.1, -0.05) is 30.0 Å². The minimum absolute atomic E-state index is 0.802. The molecule has 1 aliphatic rings. The first-order valence-electron chi connectivity index (χ1n) is 6.78. The number of fused-ring (bicyclic) bond motifs is 2. The van der Waals surface area contributed by atoms with Gasteiger partial charge in [0, 0.05) is 5.75 Å². The predicted octanol–water partition coefficient (Wildman–Crippen LogP) is 3.13. The van der Waals surface area contributed by atoms with E-state index in [4.69, 9.17) is 0 Å². The molecule has 0 atom stereocenters. The molecule has 0 unspecified atom stereocenters. The average molecular weight is 282 g/mol. The molecule has 3 aromatic rings. The second-order valence-corrected chi connectivity index (χ2v) is 5.99. The van der Waals surface area contributed by atoms with Crippen LogP contribution in [-0.4, -0.2) is 19.9 Å². The fourth-order valence-corrected chi connectivity index (χ4v) is 3.61. The largest absolute Gasteiger partial charge is 0.329 e. The van der Waals surface area contributed by atoms with Gasteiger partial charge in [0.15, 0.2) is 5.65 Å². The van der Waals surface area contributed by atoms with Crippen LogP contribution in [0, 0.1) is 0 Å².